The maximum Gasteiger partial charge on any atom is 0.250 e. The number of sulfonamides is 1. The van der Waals surface area contributed by atoms with E-state index in [-0.39, 0.29) is 12.6 Å². The molecule has 0 spiro atoms. The highest BCUT2D eigenvalue weighted by Crippen LogP contribution is 2.20. The van der Waals surface area contributed by atoms with Gasteiger partial charge in [-0.2, -0.15) is 0 Å². The van der Waals surface area contributed by atoms with Crippen molar-refractivity contribution in [3.63, 3.8) is 0 Å². The fraction of sp³-hybridized carbons (Fsp3) is 0.692. The summed E-state index contributed by atoms with van der Waals surface area (Å²) in [5.41, 5.74) is 0.978. The molecule has 2 rings (SSSR count). The number of hydrogen-bond donors (Lipinski definition) is 2. The van der Waals surface area contributed by atoms with Gasteiger partial charge in [0.2, 0.25) is 10.0 Å². The Bertz CT molecular complexity index is 536. The maximum atomic E-state index is 12.2. The van der Waals surface area contributed by atoms with E-state index in [9.17, 15) is 8.42 Å². The predicted octanol–water partition coefficient (Wildman–Crippen LogP) is 0.940. The minimum atomic E-state index is -3.47. The highest BCUT2D eigenvalue weighted by atomic mass is 32.2. The van der Waals surface area contributed by atoms with Crippen molar-refractivity contribution >= 4 is 21.4 Å². The van der Waals surface area contributed by atoms with E-state index in [0.717, 1.165) is 5.56 Å². The minimum absolute atomic E-state index is 0.212. The Balaban J connectivity index is 1.89. The molecule has 0 aliphatic carbocycles. The van der Waals surface area contributed by atoms with Crippen LogP contribution in [0.15, 0.2) is 15.7 Å². The third-order valence-electron chi connectivity index (χ3n) is 2.99. The van der Waals surface area contributed by atoms with E-state index in [4.69, 9.17) is 9.47 Å². The summed E-state index contributed by atoms with van der Waals surface area (Å²) in [5.74, 6) is 0. The Kier molecular flexibility index (Phi) is 6.15. The van der Waals surface area contributed by atoms with Gasteiger partial charge in [0.15, 0.2) is 0 Å². The Morgan fingerprint density at radius 3 is 2.90 bits per heavy atom. The first-order chi connectivity index (χ1) is 9.97. The molecule has 0 bridgehead atoms. The maximum absolute atomic E-state index is 12.2. The van der Waals surface area contributed by atoms with Crippen molar-refractivity contribution in [3.05, 3.63) is 17.0 Å². The summed E-state index contributed by atoms with van der Waals surface area (Å²) >= 11 is 1.23. The topological polar surface area (TPSA) is 76.7 Å². The zero-order chi connectivity index (χ0) is 15.3. The van der Waals surface area contributed by atoms with Crippen molar-refractivity contribution in [2.75, 3.05) is 26.4 Å². The van der Waals surface area contributed by atoms with Crippen LogP contribution in [0.2, 0.25) is 0 Å². The van der Waals surface area contributed by atoms with Crippen molar-refractivity contribution in [1.82, 2.24) is 10.0 Å². The largest absolute Gasteiger partial charge is 0.376 e. The molecule has 2 heterocycles. The summed E-state index contributed by atoms with van der Waals surface area (Å²) in [6.45, 7) is 6.52. The van der Waals surface area contributed by atoms with E-state index in [2.05, 4.69) is 23.9 Å². The van der Waals surface area contributed by atoms with Crippen molar-refractivity contribution < 1.29 is 17.9 Å². The van der Waals surface area contributed by atoms with Gasteiger partial charge in [-0.3, -0.25) is 0 Å². The van der Waals surface area contributed by atoms with E-state index < -0.39 is 10.0 Å². The molecule has 1 fully saturated rings. The summed E-state index contributed by atoms with van der Waals surface area (Å²) in [5, 5.41) is 5.13. The molecule has 0 amide bonds. The summed E-state index contributed by atoms with van der Waals surface area (Å²) in [6, 6.07) is 2.08. The molecule has 0 saturated carbocycles. The summed E-state index contributed by atoms with van der Waals surface area (Å²) in [7, 11) is -3.47. The van der Waals surface area contributed by atoms with Gasteiger partial charge in [-0.15, -0.1) is 11.3 Å². The molecule has 8 heteroatoms. The van der Waals surface area contributed by atoms with Crippen LogP contribution in [-0.2, 0) is 26.0 Å². The normalized spacial score (nSPS) is 20.0. The molecule has 6 nitrogen and oxygen atoms in total. The fourth-order valence-corrected chi connectivity index (χ4v) is 4.16. The average molecular weight is 334 g/mol. The molecular weight excluding hydrogens is 312 g/mol. The van der Waals surface area contributed by atoms with Crippen molar-refractivity contribution in [1.29, 1.82) is 0 Å². The van der Waals surface area contributed by atoms with Gasteiger partial charge in [0.05, 0.1) is 25.9 Å². The summed E-state index contributed by atoms with van der Waals surface area (Å²) < 4.78 is 38.0. The van der Waals surface area contributed by atoms with Crippen LogP contribution in [0, 0.1) is 0 Å². The Morgan fingerprint density at radius 2 is 2.24 bits per heavy atom. The number of thiophene rings is 1. The van der Waals surface area contributed by atoms with Crippen LogP contribution in [0.5, 0.6) is 0 Å². The van der Waals surface area contributed by atoms with Gasteiger partial charge >= 0.3 is 0 Å². The molecule has 0 aromatic carbocycles. The van der Waals surface area contributed by atoms with Crippen molar-refractivity contribution in [2.24, 2.45) is 0 Å². The van der Waals surface area contributed by atoms with E-state index in [0.29, 0.717) is 36.6 Å². The second kappa shape index (κ2) is 7.66. The van der Waals surface area contributed by atoms with Gasteiger partial charge in [-0.1, -0.05) is 13.8 Å². The lowest BCUT2D eigenvalue weighted by Gasteiger charge is -2.22. The number of ether oxygens (including phenoxy) is 2. The molecule has 120 valence electrons. The van der Waals surface area contributed by atoms with Crippen LogP contribution in [-0.4, -0.2) is 46.9 Å². The standard InChI is InChI=1S/C13H22N2O4S2/c1-10(2)14-6-11-5-13(20-9-11)21(16,17)15-7-12-8-18-3-4-19-12/h5,9-10,12,14-15H,3-4,6-8H2,1-2H3. The highest BCUT2D eigenvalue weighted by Gasteiger charge is 2.21. The lowest BCUT2D eigenvalue weighted by atomic mass is 10.3. The molecule has 0 radical (unpaired) electrons. The third kappa shape index (κ3) is 5.32. The first-order valence-corrected chi connectivity index (χ1v) is 9.33. The Morgan fingerprint density at radius 1 is 1.43 bits per heavy atom. The van der Waals surface area contributed by atoms with Gasteiger partial charge in [-0.25, -0.2) is 13.1 Å². The number of rotatable bonds is 7. The molecular formula is C13H22N2O4S2. The lowest BCUT2D eigenvalue weighted by Crippen LogP contribution is -2.39. The van der Waals surface area contributed by atoms with Crippen LogP contribution in [0.4, 0.5) is 0 Å². The zero-order valence-corrected chi connectivity index (χ0v) is 13.9. The van der Waals surface area contributed by atoms with E-state index in [1.165, 1.54) is 11.3 Å². The third-order valence-corrected chi connectivity index (χ3v) is 5.91. The molecule has 1 aromatic heterocycles. The molecule has 1 unspecified atom stereocenters. The first-order valence-electron chi connectivity index (χ1n) is 6.97. The zero-order valence-electron chi connectivity index (χ0n) is 12.3. The van der Waals surface area contributed by atoms with Gasteiger partial charge in [0, 0.05) is 19.1 Å². The van der Waals surface area contributed by atoms with Crippen LogP contribution < -0.4 is 10.0 Å². The smallest absolute Gasteiger partial charge is 0.250 e. The minimum Gasteiger partial charge on any atom is -0.376 e. The van der Waals surface area contributed by atoms with Crippen LogP contribution in [0.3, 0.4) is 0 Å². The summed E-state index contributed by atoms with van der Waals surface area (Å²) in [4.78, 5) is 0. The summed E-state index contributed by atoms with van der Waals surface area (Å²) in [6.07, 6.45) is -0.212. The van der Waals surface area contributed by atoms with Crippen LogP contribution in [0.1, 0.15) is 19.4 Å². The molecule has 1 atom stereocenters. The van der Waals surface area contributed by atoms with Gasteiger partial charge in [0.1, 0.15) is 4.21 Å². The van der Waals surface area contributed by atoms with Crippen LogP contribution >= 0.6 is 11.3 Å². The van der Waals surface area contributed by atoms with Crippen molar-refractivity contribution in [3.8, 4) is 0 Å². The van der Waals surface area contributed by atoms with Gasteiger partial charge in [-0.05, 0) is 17.0 Å². The SMILES string of the molecule is CC(C)NCc1csc(S(=O)(=O)NCC2COCCO2)c1. The monoisotopic (exact) mass is 334 g/mol. The number of hydrogen-bond acceptors (Lipinski definition) is 6. The van der Waals surface area contributed by atoms with E-state index >= 15 is 0 Å². The van der Waals surface area contributed by atoms with Gasteiger partial charge in [0.25, 0.3) is 0 Å². The van der Waals surface area contributed by atoms with Gasteiger partial charge < -0.3 is 14.8 Å². The fourth-order valence-electron chi connectivity index (χ4n) is 1.84. The molecule has 1 saturated heterocycles. The lowest BCUT2D eigenvalue weighted by molar-refractivity contribution is -0.0846. The van der Waals surface area contributed by atoms with E-state index in [1.807, 2.05) is 5.38 Å². The number of nitrogens with one attached hydrogen (secondary N) is 2. The van der Waals surface area contributed by atoms with Crippen LogP contribution in [0.25, 0.3) is 0 Å². The molecule has 1 aliphatic rings. The second-order valence-electron chi connectivity index (χ2n) is 5.23. The molecule has 21 heavy (non-hydrogen) atoms. The Labute approximate surface area is 129 Å². The highest BCUT2D eigenvalue weighted by molar-refractivity contribution is 7.91. The predicted molar refractivity (Wildman–Crippen MR) is 82.0 cm³/mol. The second-order valence-corrected chi connectivity index (χ2v) is 8.13. The first kappa shape index (κ1) is 16.9. The van der Waals surface area contributed by atoms with E-state index in [1.54, 1.807) is 6.07 Å². The molecule has 1 aromatic rings. The Hall–Kier alpha value is -0.510. The average Bonchev–Trinajstić information content (AvgIpc) is 2.94. The molecule has 2 N–H and O–H groups in total. The van der Waals surface area contributed by atoms with Crippen molar-refractivity contribution in [2.45, 2.75) is 36.7 Å². The molecule has 1 aliphatic heterocycles. The quantitative estimate of drug-likeness (QED) is 0.776.